The molecule has 0 spiro atoms. The summed E-state index contributed by atoms with van der Waals surface area (Å²) in [5.74, 6) is 0.110. The number of benzene rings is 1. The Bertz CT molecular complexity index is 768. The van der Waals surface area contributed by atoms with E-state index >= 15 is 0 Å². The first-order chi connectivity index (χ1) is 11.1. The third kappa shape index (κ3) is 3.14. The van der Waals surface area contributed by atoms with Crippen LogP contribution in [0.3, 0.4) is 0 Å². The molecule has 3 rings (SSSR count). The van der Waals surface area contributed by atoms with E-state index in [9.17, 15) is 14.0 Å². The molecular weight excluding hydrogens is 317 g/mol. The van der Waals surface area contributed by atoms with Gasteiger partial charge in [0.15, 0.2) is 0 Å². The number of amides is 3. The van der Waals surface area contributed by atoms with Crippen molar-refractivity contribution >= 4 is 34.6 Å². The van der Waals surface area contributed by atoms with Crippen LogP contribution in [0, 0.1) is 5.82 Å². The number of thioether (sulfide) groups is 1. The van der Waals surface area contributed by atoms with Crippen LogP contribution < -0.4 is 5.32 Å². The van der Waals surface area contributed by atoms with E-state index in [1.165, 1.54) is 12.1 Å². The van der Waals surface area contributed by atoms with Crippen LogP contribution in [-0.4, -0.2) is 39.9 Å². The number of rotatable bonds is 5. The molecular formula is C16H16FN3O2S. The second-order valence-corrected chi connectivity index (χ2v) is 6.33. The van der Waals surface area contributed by atoms with Gasteiger partial charge in [0, 0.05) is 17.1 Å². The van der Waals surface area contributed by atoms with Gasteiger partial charge in [-0.2, -0.15) is 11.8 Å². The van der Waals surface area contributed by atoms with E-state index in [4.69, 9.17) is 0 Å². The number of imide groups is 1. The number of fused-ring (bicyclic) bond motifs is 1. The van der Waals surface area contributed by atoms with Gasteiger partial charge in [0.2, 0.25) is 0 Å². The number of nitrogens with zero attached hydrogens (tertiary/aromatic N) is 2. The number of hydrogen-bond donors (Lipinski definition) is 1. The second kappa shape index (κ2) is 6.54. The average molecular weight is 333 g/mol. The number of aromatic nitrogens is 1. The number of urea groups is 1. The van der Waals surface area contributed by atoms with Crippen LogP contribution in [0.5, 0.6) is 0 Å². The third-order valence-electron chi connectivity index (χ3n) is 3.79. The normalized spacial score (nSPS) is 17.8. The smallest absolute Gasteiger partial charge is 0.325 e. The Labute approximate surface area is 137 Å². The molecule has 0 saturated carbocycles. The van der Waals surface area contributed by atoms with Crippen LogP contribution in [0.25, 0.3) is 10.9 Å². The van der Waals surface area contributed by atoms with Crippen molar-refractivity contribution < 1.29 is 14.0 Å². The van der Waals surface area contributed by atoms with Gasteiger partial charge in [-0.05, 0) is 36.6 Å². The minimum absolute atomic E-state index is 0.0196. The molecule has 1 N–H and O–H groups in total. The number of nitrogens with one attached hydrogen (secondary N) is 1. The SMILES string of the molecule is CSCCC1NC(=O)N(Cc2cc(F)cc3cccnc23)C1=O. The Morgan fingerprint density at radius 1 is 1.39 bits per heavy atom. The predicted molar refractivity (Wildman–Crippen MR) is 87.6 cm³/mol. The van der Waals surface area contributed by atoms with Crippen LogP contribution >= 0.6 is 11.8 Å². The first-order valence-corrected chi connectivity index (χ1v) is 8.63. The molecule has 3 amide bonds. The first-order valence-electron chi connectivity index (χ1n) is 7.24. The average Bonchev–Trinajstić information content (AvgIpc) is 2.80. The summed E-state index contributed by atoms with van der Waals surface area (Å²) in [6.07, 6.45) is 4.14. The Hall–Kier alpha value is -2.15. The van der Waals surface area contributed by atoms with E-state index in [2.05, 4.69) is 10.3 Å². The zero-order chi connectivity index (χ0) is 16.4. The number of halogens is 1. The van der Waals surface area contributed by atoms with Crippen molar-refractivity contribution in [2.24, 2.45) is 0 Å². The van der Waals surface area contributed by atoms with Crippen molar-refractivity contribution in [1.29, 1.82) is 0 Å². The largest absolute Gasteiger partial charge is 0.326 e. The van der Waals surface area contributed by atoms with Gasteiger partial charge in [-0.3, -0.25) is 14.7 Å². The van der Waals surface area contributed by atoms with E-state index in [0.29, 0.717) is 22.9 Å². The van der Waals surface area contributed by atoms with E-state index in [1.54, 1.807) is 30.1 Å². The lowest BCUT2D eigenvalue weighted by molar-refractivity contribution is -0.127. The van der Waals surface area contributed by atoms with Crippen molar-refractivity contribution in [3.8, 4) is 0 Å². The standard InChI is InChI=1S/C16H16FN3O2S/c1-23-6-4-13-15(21)20(16(22)19-13)9-11-8-12(17)7-10-3-2-5-18-14(10)11/h2-3,5,7-8,13H,4,6,9H2,1H3,(H,19,22). The molecule has 0 radical (unpaired) electrons. The van der Waals surface area contributed by atoms with Crippen LogP contribution in [0.4, 0.5) is 9.18 Å². The molecule has 1 atom stereocenters. The molecule has 0 bridgehead atoms. The molecule has 1 aliphatic rings. The summed E-state index contributed by atoms with van der Waals surface area (Å²) >= 11 is 1.62. The third-order valence-corrected chi connectivity index (χ3v) is 4.44. The van der Waals surface area contributed by atoms with Gasteiger partial charge in [0.05, 0.1) is 12.1 Å². The van der Waals surface area contributed by atoms with Gasteiger partial charge in [-0.15, -0.1) is 0 Å². The maximum atomic E-state index is 13.8. The fourth-order valence-corrected chi connectivity index (χ4v) is 3.15. The lowest BCUT2D eigenvalue weighted by Gasteiger charge is -2.14. The zero-order valence-electron chi connectivity index (χ0n) is 12.6. The maximum Gasteiger partial charge on any atom is 0.325 e. The molecule has 5 nitrogen and oxygen atoms in total. The van der Waals surface area contributed by atoms with Gasteiger partial charge in [0.1, 0.15) is 11.9 Å². The van der Waals surface area contributed by atoms with Gasteiger partial charge >= 0.3 is 6.03 Å². The number of carbonyl (C=O) groups is 2. The molecule has 2 heterocycles. The van der Waals surface area contributed by atoms with Crippen molar-refractivity contribution in [1.82, 2.24) is 15.2 Å². The predicted octanol–water partition coefficient (Wildman–Crippen LogP) is 2.55. The number of hydrogen-bond acceptors (Lipinski definition) is 4. The van der Waals surface area contributed by atoms with Crippen molar-refractivity contribution in [2.45, 2.75) is 19.0 Å². The Morgan fingerprint density at radius 2 is 2.22 bits per heavy atom. The molecule has 23 heavy (non-hydrogen) atoms. The molecule has 1 aromatic heterocycles. The summed E-state index contributed by atoms with van der Waals surface area (Å²) in [5, 5.41) is 3.33. The molecule has 1 fully saturated rings. The Morgan fingerprint density at radius 3 is 3.00 bits per heavy atom. The Kier molecular flexibility index (Phi) is 4.47. The molecule has 2 aromatic rings. The first kappa shape index (κ1) is 15.7. The summed E-state index contributed by atoms with van der Waals surface area (Å²) in [4.78, 5) is 29.8. The van der Waals surface area contributed by atoms with Crippen LogP contribution in [0.1, 0.15) is 12.0 Å². The van der Waals surface area contributed by atoms with Gasteiger partial charge in [0.25, 0.3) is 5.91 Å². The molecule has 1 aliphatic heterocycles. The monoisotopic (exact) mass is 333 g/mol. The van der Waals surface area contributed by atoms with Crippen molar-refractivity contribution in [3.05, 3.63) is 41.8 Å². The lowest BCUT2D eigenvalue weighted by atomic mass is 10.1. The molecule has 120 valence electrons. The Balaban J connectivity index is 1.87. The highest BCUT2D eigenvalue weighted by Crippen LogP contribution is 2.22. The maximum absolute atomic E-state index is 13.8. The minimum Gasteiger partial charge on any atom is -0.326 e. The summed E-state index contributed by atoms with van der Waals surface area (Å²) in [6, 6.07) is 5.25. The summed E-state index contributed by atoms with van der Waals surface area (Å²) in [5.41, 5.74) is 1.12. The number of carbonyl (C=O) groups excluding carboxylic acids is 2. The molecule has 1 saturated heterocycles. The van der Waals surface area contributed by atoms with Crippen LogP contribution in [0.15, 0.2) is 30.5 Å². The zero-order valence-corrected chi connectivity index (χ0v) is 13.4. The van der Waals surface area contributed by atoms with E-state index in [-0.39, 0.29) is 12.5 Å². The van der Waals surface area contributed by atoms with E-state index in [0.717, 1.165) is 10.7 Å². The lowest BCUT2D eigenvalue weighted by Crippen LogP contribution is -2.31. The minimum atomic E-state index is -0.497. The summed E-state index contributed by atoms with van der Waals surface area (Å²) < 4.78 is 13.8. The van der Waals surface area contributed by atoms with Crippen LogP contribution in [0.2, 0.25) is 0 Å². The highest BCUT2D eigenvalue weighted by molar-refractivity contribution is 7.98. The van der Waals surface area contributed by atoms with E-state index in [1.807, 2.05) is 6.26 Å². The molecule has 1 unspecified atom stereocenters. The molecule has 0 aliphatic carbocycles. The highest BCUT2D eigenvalue weighted by Gasteiger charge is 2.37. The van der Waals surface area contributed by atoms with Gasteiger partial charge in [-0.1, -0.05) is 6.07 Å². The van der Waals surface area contributed by atoms with Gasteiger partial charge < -0.3 is 5.32 Å². The van der Waals surface area contributed by atoms with E-state index < -0.39 is 17.9 Å². The highest BCUT2D eigenvalue weighted by atomic mass is 32.2. The molecule has 7 heteroatoms. The second-order valence-electron chi connectivity index (χ2n) is 5.35. The summed E-state index contributed by atoms with van der Waals surface area (Å²) in [7, 11) is 0. The van der Waals surface area contributed by atoms with Crippen LogP contribution in [-0.2, 0) is 11.3 Å². The topological polar surface area (TPSA) is 62.3 Å². The number of pyridine rings is 1. The fourth-order valence-electron chi connectivity index (χ4n) is 2.68. The van der Waals surface area contributed by atoms with Crippen molar-refractivity contribution in [2.75, 3.05) is 12.0 Å². The van der Waals surface area contributed by atoms with Crippen molar-refractivity contribution in [3.63, 3.8) is 0 Å². The molecule has 1 aromatic carbocycles. The van der Waals surface area contributed by atoms with Gasteiger partial charge in [-0.25, -0.2) is 9.18 Å². The fraction of sp³-hybridized carbons (Fsp3) is 0.312. The summed E-state index contributed by atoms with van der Waals surface area (Å²) in [6.45, 7) is 0.0196. The quantitative estimate of drug-likeness (QED) is 0.854.